The highest BCUT2D eigenvalue weighted by Gasteiger charge is 2.23. The van der Waals surface area contributed by atoms with Crippen molar-refractivity contribution in [3.8, 4) is 0 Å². The first kappa shape index (κ1) is 14.0. The molecule has 1 aromatic carbocycles. The topological polar surface area (TPSA) is 12.0 Å². The molecule has 3 unspecified atom stereocenters. The predicted octanol–water partition coefficient (Wildman–Crippen LogP) is 4.26. The Labute approximate surface area is 116 Å². The summed E-state index contributed by atoms with van der Waals surface area (Å²) in [7, 11) is 2.06. The molecule has 1 nitrogen and oxygen atoms in total. The monoisotopic (exact) mass is 263 g/mol. The fourth-order valence-electron chi connectivity index (χ4n) is 2.83. The standard InChI is InChI=1S/C16H25NS/c1-13-7-6-10-15(11-13)18-16(12-17-2)14-8-4-3-5-9-14/h3-5,8-9,13,15-17H,6-7,10-12H2,1-2H3. The van der Waals surface area contributed by atoms with Gasteiger partial charge >= 0.3 is 0 Å². The summed E-state index contributed by atoms with van der Waals surface area (Å²) in [6, 6.07) is 10.9. The van der Waals surface area contributed by atoms with Crippen LogP contribution in [0, 0.1) is 5.92 Å². The molecule has 0 saturated heterocycles. The molecule has 1 aliphatic carbocycles. The molecule has 1 saturated carbocycles. The summed E-state index contributed by atoms with van der Waals surface area (Å²) >= 11 is 2.18. The van der Waals surface area contributed by atoms with Gasteiger partial charge in [-0.1, -0.05) is 50.1 Å². The summed E-state index contributed by atoms with van der Waals surface area (Å²) in [5.41, 5.74) is 1.47. The molecule has 0 radical (unpaired) electrons. The van der Waals surface area contributed by atoms with E-state index in [9.17, 15) is 0 Å². The zero-order valence-electron chi connectivity index (χ0n) is 11.6. The second-order valence-electron chi connectivity index (χ2n) is 5.49. The molecule has 1 aromatic rings. The molecule has 1 N–H and O–H groups in total. The van der Waals surface area contributed by atoms with Crippen molar-refractivity contribution in [2.24, 2.45) is 5.92 Å². The summed E-state index contributed by atoms with van der Waals surface area (Å²) in [5.74, 6) is 0.919. The van der Waals surface area contributed by atoms with E-state index < -0.39 is 0 Å². The molecule has 0 bridgehead atoms. The van der Waals surface area contributed by atoms with Crippen LogP contribution >= 0.6 is 11.8 Å². The Morgan fingerprint density at radius 2 is 2.06 bits per heavy atom. The Hall–Kier alpha value is -0.470. The molecule has 0 spiro atoms. The lowest BCUT2D eigenvalue weighted by molar-refractivity contribution is 0.393. The van der Waals surface area contributed by atoms with Crippen LogP contribution in [0.3, 0.4) is 0 Å². The molecule has 0 amide bonds. The zero-order chi connectivity index (χ0) is 12.8. The maximum atomic E-state index is 3.35. The van der Waals surface area contributed by atoms with Gasteiger partial charge in [0.25, 0.3) is 0 Å². The van der Waals surface area contributed by atoms with Gasteiger partial charge in [0.05, 0.1) is 0 Å². The number of rotatable bonds is 5. The van der Waals surface area contributed by atoms with Gasteiger partial charge in [-0.15, -0.1) is 11.8 Å². The van der Waals surface area contributed by atoms with Crippen molar-refractivity contribution in [2.75, 3.05) is 13.6 Å². The first-order valence-corrected chi connectivity index (χ1v) is 8.09. The maximum Gasteiger partial charge on any atom is 0.0424 e. The van der Waals surface area contributed by atoms with E-state index in [1.54, 1.807) is 0 Å². The maximum absolute atomic E-state index is 3.35. The first-order valence-electron chi connectivity index (χ1n) is 7.14. The van der Waals surface area contributed by atoms with Gasteiger partial charge in [0, 0.05) is 17.0 Å². The Morgan fingerprint density at radius 3 is 2.72 bits per heavy atom. The van der Waals surface area contributed by atoms with E-state index in [0.29, 0.717) is 5.25 Å². The van der Waals surface area contributed by atoms with E-state index in [1.165, 1.54) is 31.2 Å². The van der Waals surface area contributed by atoms with Gasteiger partial charge < -0.3 is 5.32 Å². The van der Waals surface area contributed by atoms with Crippen molar-refractivity contribution in [3.63, 3.8) is 0 Å². The van der Waals surface area contributed by atoms with E-state index in [1.807, 2.05) is 0 Å². The smallest absolute Gasteiger partial charge is 0.0424 e. The second-order valence-corrected chi connectivity index (χ2v) is 6.99. The highest BCUT2D eigenvalue weighted by Crippen LogP contribution is 2.39. The average molecular weight is 263 g/mol. The minimum atomic E-state index is 0.603. The van der Waals surface area contributed by atoms with Crippen molar-refractivity contribution in [1.82, 2.24) is 5.32 Å². The molecule has 2 heteroatoms. The van der Waals surface area contributed by atoms with Crippen LogP contribution in [-0.2, 0) is 0 Å². The number of thioether (sulfide) groups is 1. The molecule has 0 aromatic heterocycles. The fourth-order valence-corrected chi connectivity index (χ4v) is 4.62. The SMILES string of the molecule is CNCC(SC1CCCC(C)C1)c1ccccc1. The average Bonchev–Trinajstić information content (AvgIpc) is 2.39. The van der Waals surface area contributed by atoms with Gasteiger partial charge in [0.15, 0.2) is 0 Å². The summed E-state index contributed by atoms with van der Waals surface area (Å²) in [4.78, 5) is 0. The van der Waals surface area contributed by atoms with Crippen LogP contribution in [0.4, 0.5) is 0 Å². The van der Waals surface area contributed by atoms with E-state index in [4.69, 9.17) is 0 Å². The third-order valence-electron chi connectivity index (χ3n) is 3.81. The Balaban J connectivity index is 1.97. The van der Waals surface area contributed by atoms with E-state index in [2.05, 4.69) is 61.4 Å². The minimum absolute atomic E-state index is 0.603. The van der Waals surface area contributed by atoms with Gasteiger partial charge in [-0.2, -0.15) is 0 Å². The summed E-state index contributed by atoms with van der Waals surface area (Å²) < 4.78 is 0. The molecule has 2 rings (SSSR count). The largest absolute Gasteiger partial charge is 0.318 e. The Bertz CT molecular complexity index is 338. The number of benzene rings is 1. The lowest BCUT2D eigenvalue weighted by atomic mass is 9.91. The molecule has 3 atom stereocenters. The predicted molar refractivity (Wildman–Crippen MR) is 82.1 cm³/mol. The number of hydrogen-bond acceptors (Lipinski definition) is 2. The molecular formula is C16H25NS. The summed E-state index contributed by atoms with van der Waals surface area (Å²) in [6.07, 6.45) is 5.65. The third-order valence-corrected chi connectivity index (χ3v) is 5.39. The normalized spacial score (nSPS) is 25.9. The van der Waals surface area contributed by atoms with Crippen LogP contribution in [0.25, 0.3) is 0 Å². The van der Waals surface area contributed by atoms with E-state index in [0.717, 1.165) is 17.7 Å². The second kappa shape index (κ2) is 7.20. The lowest BCUT2D eigenvalue weighted by Gasteiger charge is -2.29. The van der Waals surface area contributed by atoms with Crippen LogP contribution < -0.4 is 5.32 Å². The highest BCUT2D eigenvalue weighted by molar-refractivity contribution is 8.00. The third kappa shape index (κ3) is 4.03. The summed E-state index contributed by atoms with van der Waals surface area (Å²) in [5, 5.41) is 4.80. The van der Waals surface area contributed by atoms with Gasteiger partial charge in [0.1, 0.15) is 0 Å². The minimum Gasteiger partial charge on any atom is -0.318 e. The van der Waals surface area contributed by atoms with Crippen molar-refractivity contribution >= 4 is 11.8 Å². The molecule has 0 aliphatic heterocycles. The van der Waals surface area contributed by atoms with Crippen LogP contribution in [0.5, 0.6) is 0 Å². The Morgan fingerprint density at radius 1 is 1.28 bits per heavy atom. The molecule has 0 heterocycles. The molecule has 18 heavy (non-hydrogen) atoms. The van der Waals surface area contributed by atoms with Crippen molar-refractivity contribution in [1.29, 1.82) is 0 Å². The lowest BCUT2D eigenvalue weighted by Crippen LogP contribution is -2.21. The first-order chi connectivity index (χ1) is 8.79. The van der Waals surface area contributed by atoms with Crippen molar-refractivity contribution < 1.29 is 0 Å². The summed E-state index contributed by atoms with van der Waals surface area (Å²) in [6.45, 7) is 3.47. The highest BCUT2D eigenvalue weighted by atomic mass is 32.2. The van der Waals surface area contributed by atoms with Crippen molar-refractivity contribution in [3.05, 3.63) is 35.9 Å². The van der Waals surface area contributed by atoms with Crippen LogP contribution in [-0.4, -0.2) is 18.8 Å². The fraction of sp³-hybridized carbons (Fsp3) is 0.625. The van der Waals surface area contributed by atoms with Crippen LogP contribution in [0.2, 0.25) is 0 Å². The van der Waals surface area contributed by atoms with E-state index in [-0.39, 0.29) is 0 Å². The number of likely N-dealkylation sites (N-methyl/N-ethyl adjacent to an activating group) is 1. The molecular weight excluding hydrogens is 238 g/mol. The quantitative estimate of drug-likeness (QED) is 0.852. The molecule has 1 aliphatic rings. The van der Waals surface area contributed by atoms with Crippen LogP contribution in [0.15, 0.2) is 30.3 Å². The molecule has 100 valence electrons. The van der Waals surface area contributed by atoms with Crippen LogP contribution in [0.1, 0.15) is 43.4 Å². The number of nitrogens with one attached hydrogen (secondary N) is 1. The zero-order valence-corrected chi connectivity index (χ0v) is 12.4. The van der Waals surface area contributed by atoms with Crippen molar-refractivity contribution in [2.45, 2.75) is 43.1 Å². The Kier molecular flexibility index (Phi) is 5.58. The molecule has 1 fully saturated rings. The van der Waals surface area contributed by atoms with Gasteiger partial charge in [0.2, 0.25) is 0 Å². The van der Waals surface area contributed by atoms with Gasteiger partial charge in [-0.25, -0.2) is 0 Å². The number of hydrogen-bond donors (Lipinski definition) is 1. The van der Waals surface area contributed by atoms with Gasteiger partial charge in [-0.05, 0) is 31.4 Å². The van der Waals surface area contributed by atoms with E-state index >= 15 is 0 Å². The van der Waals surface area contributed by atoms with Gasteiger partial charge in [-0.3, -0.25) is 0 Å².